The van der Waals surface area contributed by atoms with Crippen LogP contribution >= 0.6 is 0 Å². The monoisotopic (exact) mass is 477 g/mol. The molecule has 0 N–H and O–H groups in total. The Morgan fingerprint density at radius 2 is 1.82 bits per heavy atom. The maximum absolute atomic E-state index is 13.2. The van der Waals surface area contributed by atoms with Gasteiger partial charge in [0.05, 0.1) is 24.9 Å². The predicted molar refractivity (Wildman–Crippen MR) is 120 cm³/mol. The van der Waals surface area contributed by atoms with Crippen LogP contribution in [-0.4, -0.2) is 21.9 Å². The van der Waals surface area contributed by atoms with E-state index in [4.69, 9.17) is 4.74 Å². The summed E-state index contributed by atoms with van der Waals surface area (Å²) in [5.41, 5.74) is 0.0377. The summed E-state index contributed by atoms with van der Waals surface area (Å²) in [6.45, 7) is 1.51. The number of pyridine rings is 1. The van der Waals surface area contributed by atoms with Gasteiger partial charge in [0.25, 0.3) is 5.56 Å². The van der Waals surface area contributed by atoms with Gasteiger partial charge in [0.15, 0.2) is 0 Å². The van der Waals surface area contributed by atoms with Gasteiger partial charge in [-0.05, 0) is 55.5 Å². The van der Waals surface area contributed by atoms with Gasteiger partial charge in [-0.25, -0.2) is 9.07 Å². The third-order valence-corrected chi connectivity index (χ3v) is 5.71. The van der Waals surface area contributed by atoms with E-state index in [-0.39, 0.29) is 35.4 Å². The highest BCUT2D eigenvalue weighted by molar-refractivity contribution is 5.25. The van der Waals surface area contributed by atoms with Crippen LogP contribution < -0.4 is 10.3 Å². The molecule has 182 valence electrons. The summed E-state index contributed by atoms with van der Waals surface area (Å²) < 4.78 is 57.9. The van der Waals surface area contributed by atoms with E-state index in [1.165, 1.54) is 31.5 Å². The van der Waals surface area contributed by atoms with E-state index in [0.717, 1.165) is 48.4 Å². The highest BCUT2D eigenvalue weighted by Crippen LogP contribution is 2.33. The van der Waals surface area contributed by atoms with Crippen molar-refractivity contribution in [2.24, 2.45) is 0 Å². The van der Waals surface area contributed by atoms with Crippen LogP contribution in [0.25, 0.3) is 0 Å². The number of benzene rings is 1. The summed E-state index contributed by atoms with van der Waals surface area (Å²) in [5.74, 6) is 0.143. The molecular formula is C25H27F4N3O2. The fourth-order valence-electron chi connectivity index (χ4n) is 4.02. The number of halogens is 4. The summed E-state index contributed by atoms with van der Waals surface area (Å²) in [7, 11) is 1.42. The number of ether oxygens (including phenoxy) is 1. The summed E-state index contributed by atoms with van der Waals surface area (Å²) >= 11 is 0. The van der Waals surface area contributed by atoms with Crippen LogP contribution in [0.2, 0.25) is 0 Å². The topological polar surface area (TPSA) is 57.0 Å². The maximum atomic E-state index is 13.2. The first-order valence-electron chi connectivity index (χ1n) is 11.1. The zero-order valence-corrected chi connectivity index (χ0v) is 19.1. The SMILES string of the molecule is COc1cc(C2CCCCC2)c(=O)n(Cc2ncccc2C(F)(F)F)n1.Cc1cccc(F)c1. The van der Waals surface area contributed by atoms with Gasteiger partial charge in [-0.15, -0.1) is 5.10 Å². The van der Waals surface area contributed by atoms with Crippen molar-refractivity contribution in [3.8, 4) is 5.88 Å². The second-order valence-corrected chi connectivity index (χ2v) is 8.23. The molecule has 5 nitrogen and oxygen atoms in total. The van der Waals surface area contributed by atoms with Gasteiger partial charge in [0.1, 0.15) is 5.82 Å². The number of hydrogen-bond donors (Lipinski definition) is 0. The molecule has 0 aliphatic heterocycles. The minimum absolute atomic E-state index is 0.0882. The van der Waals surface area contributed by atoms with Gasteiger partial charge in [0, 0.05) is 17.8 Å². The molecule has 0 radical (unpaired) electrons. The molecular weight excluding hydrogens is 450 g/mol. The van der Waals surface area contributed by atoms with Gasteiger partial charge < -0.3 is 4.74 Å². The summed E-state index contributed by atoms with van der Waals surface area (Å²) in [4.78, 5) is 16.7. The van der Waals surface area contributed by atoms with Crippen molar-refractivity contribution in [2.75, 3.05) is 7.11 Å². The molecule has 1 aliphatic carbocycles. The third kappa shape index (κ3) is 6.65. The Balaban J connectivity index is 0.000000343. The first-order valence-corrected chi connectivity index (χ1v) is 11.1. The van der Waals surface area contributed by atoms with E-state index >= 15 is 0 Å². The van der Waals surface area contributed by atoms with Crippen LogP contribution in [0.1, 0.15) is 60.4 Å². The molecule has 0 amide bonds. The summed E-state index contributed by atoms with van der Waals surface area (Å²) in [6, 6.07) is 10.3. The normalized spacial score (nSPS) is 14.3. The molecule has 2 aromatic heterocycles. The minimum atomic E-state index is -4.54. The van der Waals surface area contributed by atoms with E-state index < -0.39 is 11.7 Å². The molecule has 34 heavy (non-hydrogen) atoms. The van der Waals surface area contributed by atoms with Crippen molar-refractivity contribution < 1.29 is 22.3 Å². The largest absolute Gasteiger partial charge is 0.480 e. The van der Waals surface area contributed by atoms with Gasteiger partial charge in [0.2, 0.25) is 5.88 Å². The van der Waals surface area contributed by atoms with Crippen LogP contribution in [0.5, 0.6) is 5.88 Å². The van der Waals surface area contributed by atoms with E-state index in [0.29, 0.717) is 5.56 Å². The van der Waals surface area contributed by atoms with E-state index in [1.807, 2.05) is 13.0 Å². The average Bonchev–Trinajstić information content (AvgIpc) is 2.81. The molecule has 9 heteroatoms. The standard InChI is InChI=1S/C18H20F3N3O2.C7H7F/c1-26-16-10-13(12-6-3-2-4-7-12)17(25)24(23-16)11-15-14(18(19,20)21)8-5-9-22-15;1-6-3-2-4-7(8)5-6/h5,8-10,12H,2-4,6-7,11H2,1H3;2-5H,1H3. The second kappa shape index (κ2) is 11.3. The quantitative estimate of drug-likeness (QED) is 0.440. The molecule has 0 atom stereocenters. The lowest BCUT2D eigenvalue weighted by Crippen LogP contribution is -2.30. The van der Waals surface area contributed by atoms with Crippen molar-refractivity contribution in [3.05, 3.63) is 87.2 Å². The Labute approximate surface area is 195 Å². The van der Waals surface area contributed by atoms with Crippen LogP contribution in [0, 0.1) is 12.7 Å². The fourth-order valence-corrected chi connectivity index (χ4v) is 4.02. The fraction of sp³-hybridized carbons (Fsp3) is 0.400. The Bertz CT molecular complexity index is 1140. The molecule has 2 heterocycles. The van der Waals surface area contributed by atoms with Crippen molar-refractivity contribution >= 4 is 0 Å². The van der Waals surface area contributed by atoms with Crippen LogP contribution in [0.3, 0.4) is 0 Å². The molecule has 1 aromatic carbocycles. The van der Waals surface area contributed by atoms with Gasteiger partial charge >= 0.3 is 6.18 Å². The molecule has 0 saturated heterocycles. The van der Waals surface area contributed by atoms with Crippen molar-refractivity contribution in [1.82, 2.24) is 14.8 Å². The highest BCUT2D eigenvalue weighted by Gasteiger charge is 2.34. The van der Waals surface area contributed by atoms with E-state index in [1.54, 1.807) is 12.1 Å². The molecule has 1 saturated carbocycles. The lowest BCUT2D eigenvalue weighted by Gasteiger charge is -2.22. The third-order valence-electron chi connectivity index (χ3n) is 5.71. The number of alkyl halides is 3. The van der Waals surface area contributed by atoms with Gasteiger partial charge in [-0.1, -0.05) is 31.4 Å². The maximum Gasteiger partial charge on any atom is 0.418 e. The van der Waals surface area contributed by atoms with Crippen molar-refractivity contribution in [3.63, 3.8) is 0 Å². The number of hydrogen-bond acceptors (Lipinski definition) is 4. The Morgan fingerprint density at radius 1 is 1.09 bits per heavy atom. The lowest BCUT2D eigenvalue weighted by atomic mass is 9.85. The van der Waals surface area contributed by atoms with E-state index in [9.17, 15) is 22.4 Å². The molecule has 0 bridgehead atoms. The number of aryl methyl sites for hydroxylation is 1. The summed E-state index contributed by atoms with van der Waals surface area (Å²) in [5, 5.41) is 4.04. The van der Waals surface area contributed by atoms with Crippen LogP contribution in [-0.2, 0) is 12.7 Å². The summed E-state index contributed by atoms with van der Waals surface area (Å²) in [6.07, 6.45) is 1.71. The highest BCUT2D eigenvalue weighted by atomic mass is 19.4. The number of nitrogens with zero attached hydrogens (tertiary/aromatic N) is 3. The molecule has 0 unspecified atom stereocenters. The second-order valence-electron chi connectivity index (χ2n) is 8.23. The Hall–Kier alpha value is -3.23. The molecule has 4 rings (SSSR count). The Kier molecular flexibility index (Phi) is 8.41. The van der Waals surface area contributed by atoms with Crippen molar-refractivity contribution in [2.45, 2.75) is 57.7 Å². The lowest BCUT2D eigenvalue weighted by molar-refractivity contribution is -0.138. The van der Waals surface area contributed by atoms with Crippen LogP contribution in [0.15, 0.2) is 53.5 Å². The molecule has 1 aliphatic rings. The molecule has 1 fully saturated rings. The molecule has 3 aromatic rings. The minimum Gasteiger partial charge on any atom is -0.480 e. The zero-order chi connectivity index (χ0) is 24.7. The average molecular weight is 478 g/mol. The number of rotatable bonds is 4. The van der Waals surface area contributed by atoms with Crippen LogP contribution in [0.4, 0.5) is 17.6 Å². The predicted octanol–water partition coefficient (Wildman–Crippen LogP) is 5.90. The van der Waals surface area contributed by atoms with Crippen molar-refractivity contribution in [1.29, 1.82) is 0 Å². The van der Waals surface area contributed by atoms with Gasteiger partial charge in [-0.2, -0.15) is 13.2 Å². The number of methoxy groups -OCH3 is 1. The Morgan fingerprint density at radius 3 is 2.41 bits per heavy atom. The first-order chi connectivity index (χ1) is 16.2. The zero-order valence-electron chi connectivity index (χ0n) is 19.1. The smallest absolute Gasteiger partial charge is 0.418 e. The van der Waals surface area contributed by atoms with E-state index in [2.05, 4.69) is 10.1 Å². The first kappa shape index (κ1) is 25.4. The van der Waals surface area contributed by atoms with Gasteiger partial charge in [-0.3, -0.25) is 9.78 Å². The molecule has 0 spiro atoms. The number of aromatic nitrogens is 3.